The Bertz CT molecular complexity index is 958. The average molecular weight is 454 g/mol. The Labute approximate surface area is 181 Å². The molecule has 0 saturated heterocycles. The minimum absolute atomic E-state index is 0.123. The third-order valence-corrected chi connectivity index (χ3v) is 6.70. The number of nitrogens with zero attached hydrogens (tertiary/aromatic N) is 3. The maximum absolute atomic E-state index is 12.3. The zero-order valence-electron chi connectivity index (χ0n) is 17.3. The second-order valence-corrected chi connectivity index (χ2v) is 9.18. The molecule has 9 nitrogen and oxygen atoms in total. The van der Waals surface area contributed by atoms with Crippen molar-refractivity contribution in [1.29, 1.82) is 0 Å². The molecule has 1 unspecified atom stereocenters. The number of aromatic nitrogens is 3. The second kappa shape index (κ2) is 11.3. The molecule has 0 spiro atoms. The van der Waals surface area contributed by atoms with E-state index in [0.717, 1.165) is 0 Å². The predicted molar refractivity (Wildman–Crippen MR) is 117 cm³/mol. The number of benzene rings is 1. The van der Waals surface area contributed by atoms with E-state index in [1.54, 1.807) is 32.2 Å². The highest BCUT2D eigenvalue weighted by atomic mass is 32.2. The molecule has 1 heterocycles. The van der Waals surface area contributed by atoms with Crippen molar-refractivity contribution in [2.75, 3.05) is 18.2 Å². The topological polar surface area (TPSA) is 115 Å². The first-order valence-electron chi connectivity index (χ1n) is 9.37. The molecule has 0 fully saturated rings. The lowest BCUT2D eigenvalue weighted by molar-refractivity contribution is -0.113. The molecule has 11 heteroatoms. The normalized spacial score (nSPS) is 12.5. The van der Waals surface area contributed by atoms with Crippen LogP contribution in [-0.2, 0) is 32.7 Å². The van der Waals surface area contributed by atoms with E-state index in [2.05, 4.69) is 26.8 Å². The average Bonchev–Trinajstić information content (AvgIpc) is 3.08. The van der Waals surface area contributed by atoms with Crippen molar-refractivity contribution in [1.82, 2.24) is 19.5 Å². The number of carbonyl (C=O) groups is 1. The van der Waals surface area contributed by atoms with Gasteiger partial charge < -0.3 is 14.6 Å². The van der Waals surface area contributed by atoms with Crippen LogP contribution in [0.1, 0.15) is 26.1 Å². The van der Waals surface area contributed by atoms with Crippen molar-refractivity contribution in [3.63, 3.8) is 0 Å². The maximum Gasteiger partial charge on any atom is 0.240 e. The van der Waals surface area contributed by atoms with Gasteiger partial charge in [0.2, 0.25) is 15.9 Å². The van der Waals surface area contributed by atoms with E-state index in [1.165, 1.54) is 23.9 Å². The zero-order chi connectivity index (χ0) is 22.1. The molecule has 164 valence electrons. The minimum atomic E-state index is -3.58. The van der Waals surface area contributed by atoms with Gasteiger partial charge in [0.25, 0.3) is 0 Å². The number of hydrogen-bond acceptors (Lipinski definition) is 7. The van der Waals surface area contributed by atoms with Crippen molar-refractivity contribution in [3.05, 3.63) is 42.7 Å². The Morgan fingerprint density at radius 1 is 1.33 bits per heavy atom. The molecule has 2 aromatic rings. The summed E-state index contributed by atoms with van der Waals surface area (Å²) in [5.74, 6) is 0.538. The van der Waals surface area contributed by atoms with E-state index in [9.17, 15) is 13.2 Å². The number of sulfonamides is 1. The van der Waals surface area contributed by atoms with Crippen molar-refractivity contribution in [2.24, 2.45) is 0 Å². The van der Waals surface area contributed by atoms with Gasteiger partial charge in [-0.05, 0) is 37.6 Å². The summed E-state index contributed by atoms with van der Waals surface area (Å²) >= 11 is 1.25. The summed E-state index contributed by atoms with van der Waals surface area (Å²) in [7, 11) is -2.01. The number of thioether (sulfide) groups is 1. The fourth-order valence-corrected chi connectivity index (χ4v) is 4.53. The molecule has 0 aliphatic carbocycles. The highest BCUT2D eigenvalue weighted by Crippen LogP contribution is 2.19. The van der Waals surface area contributed by atoms with Gasteiger partial charge in [-0.25, -0.2) is 13.1 Å². The number of anilines is 1. The molecule has 0 bridgehead atoms. The smallest absolute Gasteiger partial charge is 0.240 e. The summed E-state index contributed by atoms with van der Waals surface area (Å²) in [5.41, 5.74) is 0.510. The Morgan fingerprint density at radius 3 is 2.63 bits per heavy atom. The Morgan fingerprint density at radius 2 is 2.03 bits per heavy atom. The Hall–Kier alpha value is -2.21. The highest BCUT2D eigenvalue weighted by molar-refractivity contribution is 7.99. The van der Waals surface area contributed by atoms with Crippen molar-refractivity contribution in [3.8, 4) is 0 Å². The van der Waals surface area contributed by atoms with Gasteiger partial charge in [0.05, 0.1) is 10.6 Å². The number of hydrogen-bond donors (Lipinski definition) is 2. The first kappa shape index (κ1) is 24.1. The van der Waals surface area contributed by atoms with Gasteiger partial charge in [-0.15, -0.1) is 16.8 Å². The van der Waals surface area contributed by atoms with Gasteiger partial charge in [-0.1, -0.05) is 24.8 Å². The van der Waals surface area contributed by atoms with E-state index in [4.69, 9.17) is 4.74 Å². The molecule has 0 saturated carbocycles. The molecule has 2 N–H and O–H groups in total. The minimum Gasteiger partial charge on any atom is -0.377 e. The predicted octanol–water partition coefficient (Wildman–Crippen LogP) is 2.42. The summed E-state index contributed by atoms with van der Waals surface area (Å²) in [6.45, 7) is 8.25. The summed E-state index contributed by atoms with van der Waals surface area (Å²) in [4.78, 5) is 12.4. The van der Waals surface area contributed by atoms with Gasteiger partial charge in [0, 0.05) is 25.4 Å². The molecule has 0 aliphatic rings. The van der Waals surface area contributed by atoms with Crippen LogP contribution in [0.4, 0.5) is 5.69 Å². The molecular weight excluding hydrogens is 426 g/mol. The van der Waals surface area contributed by atoms with Crippen LogP contribution < -0.4 is 10.0 Å². The van der Waals surface area contributed by atoms with Gasteiger partial charge in [0.1, 0.15) is 6.61 Å². The lowest BCUT2D eigenvalue weighted by Crippen LogP contribution is -2.31. The third kappa shape index (κ3) is 6.66. The molecule has 30 heavy (non-hydrogen) atoms. The molecule has 0 radical (unpaired) electrons. The standard InChI is InChI=1S/C19H27N5O4S2/c1-5-11-24-17(12-28-4)21-22-19(24)29-13-18(25)20-15-7-9-16(10-8-15)30(26,27)23-14(3)6-2/h5,7-10,14,23H,1,6,11-13H2,2-4H3,(H,20,25). The van der Waals surface area contributed by atoms with Gasteiger partial charge in [-0.2, -0.15) is 0 Å². The fourth-order valence-electron chi connectivity index (χ4n) is 2.43. The Kier molecular flexibility index (Phi) is 9.03. The van der Waals surface area contributed by atoms with Crippen LogP contribution in [0, 0.1) is 0 Å². The lowest BCUT2D eigenvalue weighted by atomic mass is 10.3. The van der Waals surface area contributed by atoms with Crippen molar-refractivity contribution < 1.29 is 17.9 Å². The summed E-state index contributed by atoms with van der Waals surface area (Å²) < 4.78 is 34.1. The number of amides is 1. The number of nitrogens with one attached hydrogen (secondary N) is 2. The number of rotatable bonds is 12. The van der Waals surface area contributed by atoms with Crippen molar-refractivity contribution in [2.45, 2.75) is 49.5 Å². The third-order valence-electron chi connectivity index (χ3n) is 4.13. The largest absolute Gasteiger partial charge is 0.377 e. The molecule has 1 aromatic heterocycles. The molecule has 2 rings (SSSR count). The number of allylic oxidation sites excluding steroid dienone is 1. The SMILES string of the molecule is C=CCn1c(COC)nnc1SCC(=O)Nc1ccc(S(=O)(=O)NC(C)CC)cc1. The number of ether oxygens (including phenoxy) is 1. The van der Waals surface area contributed by atoms with E-state index >= 15 is 0 Å². The van der Waals surface area contributed by atoms with Crippen LogP contribution in [0.15, 0.2) is 47.0 Å². The van der Waals surface area contributed by atoms with E-state index in [0.29, 0.717) is 36.2 Å². The summed E-state index contributed by atoms with van der Waals surface area (Å²) in [6.07, 6.45) is 2.41. The molecular formula is C19H27N5O4S2. The molecule has 1 atom stereocenters. The Balaban J connectivity index is 1.97. The number of methoxy groups -OCH3 is 1. The quantitative estimate of drug-likeness (QED) is 0.375. The van der Waals surface area contributed by atoms with Crippen LogP contribution in [0.5, 0.6) is 0 Å². The molecule has 0 aliphatic heterocycles. The zero-order valence-corrected chi connectivity index (χ0v) is 18.9. The van der Waals surface area contributed by atoms with Gasteiger partial charge in [-0.3, -0.25) is 4.79 Å². The van der Waals surface area contributed by atoms with Crippen LogP contribution in [0.2, 0.25) is 0 Å². The van der Waals surface area contributed by atoms with Crippen LogP contribution in [0.25, 0.3) is 0 Å². The fraction of sp³-hybridized carbons (Fsp3) is 0.421. The molecule has 1 amide bonds. The summed E-state index contributed by atoms with van der Waals surface area (Å²) in [6, 6.07) is 5.89. The van der Waals surface area contributed by atoms with Crippen LogP contribution in [0.3, 0.4) is 0 Å². The van der Waals surface area contributed by atoms with E-state index in [-0.39, 0.29) is 22.6 Å². The van der Waals surface area contributed by atoms with Gasteiger partial charge >= 0.3 is 0 Å². The maximum atomic E-state index is 12.3. The van der Waals surface area contributed by atoms with Crippen LogP contribution in [-0.4, -0.2) is 48.0 Å². The van der Waals surface area contributed by atoms with Crippen LogP contribution >= 0.6 is 11.8 Å². The van der Waals surface area contributed by atoms with E-state index in [1.807, 2.05) is 11.5 Å². The van der Waals surface area contributed by atoms with Gasteiger partial charge in [0.15, 0.2) is 11.0 Å². The van der Waals surface area contributed by atoms with Crippen molar-refractivity contribution >= 4 is 33.4 Å². The first-order chi connectivity index (χ1) is 14.3. The highest BCUT2D eigenvalue weighted by Gasteiger charge is 2.17. The van der Waals surface area contributed by atoms with E-state index < -0.39 is 10.0 Å². The monoisotopic (exact) mass is 453 g/mol. The lowest BCUT2D eigenvalue weighted by Gasteiger charge is -2.12. The first-order valence-corrected chi connectivity index (χ1v) is 11.8. The second-order valence-electron chi connectivity index (χ2n) is 6.52. The summed E-state index contributed by atoms with van der Waals surface area (Å²) in [5, 5.41) is 11.5. The number of carbonyl (C=O) groups excluding carboxylic acids is 1. The molecule has 1 aromatic carbocycles.